The van der Waals surface area contributed by atoms with Crippen molar-refractivity contribution in [3.63, 3.8) is 0 Å². The first-order chi connectivity index (χ1) is 7.79. The molecule has 1 N–H and O–H groups in total. The van der Waals surface area contributed by atoms with Gasteiger partial charge < -0.3 is 10.1 Å². The minimum atomic E-state index is -0.216. The lowest BCUT2D eigenvalue weighted by molar-refractivity contribution is -0.111. The van der Waals surface area contributed by atoms with Crippen LogP contribution >= 0.6 is 0 Å². The van der Waals surface area contributed by atoms with E-state index < -0.39 is 0 Å². The first-order valence-corrected chi connectivity index (χ1v) is 5.35. The van der Waals surface area contributed by atoms with Crippen LogP contribution in [0.1, 0.15) is 18.9 Å². The number of amides is 1. The van der Waals surface area contributed by atoms with E-state index in [1.165, 1.54) is 6.08 Å². The quantitative estimate of drug-likeness (QED) is 0.784. The average molecular weight is 221 g/mol. The SMILES string of the molecule is C=CC(=O)Nc1cnn(C2CCOCC2)c1. The standard InChI is InChI=1S/C11H15N3O2/c1-2-11(15)13-9-7-12-14(8-9)10-3-5-16-6-4-10/h2,7-8,10H,1,3-6H2,(H,13,15). The number of carbonyl (C=O) groups is 1. The molecule has 0 unspecified atom stereocenters. The first kappa shape index (κ1) is 10.9. The lowest BCUT2D eigenvalue weighted by atomic mass is 10.1. The molecule has 1 aliphatic heterocycles. The van der Waals surface area contributed by atoms with Gasteiger partial charge in [-0.05, 0) is 18.9 Å². The molecule has 1 aromatic rings. The molecule has 1 aromatic heterocycles. The van der Waals surface area contributed by atoms with Gasteiger partial charge in [0.15, 0.2) is 0 Å². The molecule has 0 spiro atoms. The van der Waals surface area contributed by atoms with Gasteiger partial charge in [-0.15, -0.1) is 0 Å². The number of ether oxygens (including phenoxy) is 1. The van der Waals surface area contributed by atoms with Crippen molar-refractivity contribution in [2.45, 2.75) is 18.9 Å². The summed E-state index contributed by atoms with van der Waals surface area (Å²) < 4.78 is 7.18. The van der Waals surface area contributed by atoms with E-state index in [2.05, 4.69) is 17.0 Å². The van der Waals surface area contributed by atoms with Crippen molar-refractivity contribution in [2.75, 3.05) is 18.5 Å². The number of hydrogen-bond acceptors (Lipinski definition) is 3. The van der Waals surface area contributed by atoms with Crippen LogP contribution in [0.25, 0.3) is 0 Å². The smallest absolute Gasteiger partial charge is 0.247 e. The molecule has 0 radical (unpaired) electrons. The minimum Gasteiger partial charge on any atom is -0.381 e. The molecule has 0 aromatic carbocycles. The van der Waals surface area contributed by atoms with E-state index in [1.54, 1.807) is 6.20 Å². The highest BCUT2D eigenvalue weighted by Crippen LogP contribution is 2.21. The number of aromatic nitrogens is 2. The second kappa shape index (κ2) is 4.94. The van der Waals surface area contributed by atoms with Gasteiger partial charge in [-0.2, -0.15) is 5.10 Å². The third-order valence-corrected chi connectivity index (χ3v) is 2.62. The summed E-state index contributed by atoms with van der Waals surface area (Å²) in [4.78, 5) is 11.1. The largest absolute Gasteiger partial charge is 0.381 e. The Kier molecular flexibility index (Phi) is 3.36. The average Bonchev–Trinajstić information content (AvgIpc) is 2.78. The molecule has 2 heterocycles. The maximum absolute atomic E-state index is 11.1. The number of hydrogen-bond donors (Lipinski definition) is 1. The fourth-order valence-electron chi connectivity index (χ4n) is 1.75. The summed E-state index contributed by atoms with van der Waals surface area (Å²) >= 11 is 0. The molecule has 16 heavy (non-hydrogen) atoms. The van der Waals surface area contributed by atoms with Gasteiger partial charge in [0, 0.05) is 19.4 Å². The molecule has 5 nitrogen and oxygen atoms in total. The van der Waals surface area contributed by atoms with Crippen LogP contribution in [0, 0.1) is 0 Å². The predicted molar refractivity (Wildman–Crippen MR) is 60.1 cm³/mol. The van der Waals surface area contributed by atoms with Gasteiger partial charge in [-0.1, -0.05) is 6.58 Å². The van der Waals surface area contributed by atoms with Crippen molar-refractivity contribution in [1.82, 2.24) is 9.78 Å². The number of anilines is 1. The monoisotopic (exact) mass is 221 g/mol. The van der Waals surface area contributed by atoms with Crippen LogP contribution in [0.15, 0.2) is 25.0 Å². The number of rotatable bonds is 3. The molecular formula is C11H15N3O2. The minimum absolute atomic E-state index is 0.216. The topological polar surface area (TPSA) is 56.2 Å². The third-order valence-electron chi connectivity index (χ3n) is 2.62. The van der Waals surface area contributed by atoms with Gasteiger partial charge in [-0.3, -0.25) is 9.48 Å². The van der Waals surface area contributed by atoms with E-state index in [9.17, 15) is 4.79 Å². The number of carbonyl (C=O) groups excluding carboxylic acids is 1. The normalized spacial score (nSPS) is 17.0. The van der Waals surface area contributed by atoms with Crippen molar-refractivity contribution in [2.24, 2.45) is 0 Å². The van der Waals surface area contributed by atoms with Crippen molar-refractivity contribution < 1.29 is 9.53 Å². The Labute approximate surface area is 94.1 Å². The summed E-state index contributed by atoms with van der Waals surface area (Å²) in [5.41, 5.74) is 0.705. The van der Waals surface area contributed by atoms with Crippen LogP contribution in [0.3, 0.4) is 0 Å². The predicted octanol–water partition coefficient (Wildman–Crippen LogP) is 1.36. The van der Waals surface area contributed by atoms with E-state index in [4.69, 9.17) is 4.74 Å². The van der Waals surface area contributed by atoms with Gasteiger partial charge in [0.1, 0.15) is 0 Å². The van der Waals surface area contributed by atoms with E-state index in [0.717, 1.165) is 26.1 Å². The molecule has 0 saturated carbocycles. The Hall–Kier alpha value is -1.62. The Balaban J connectivity index is 2.00. The van der Waals surface area contributed by atoms with Crippen LogP contribution in [0.4, 0.5) is 5.69 Å². The third kappa shape index (κ3) is 2.49. The highest BCUT2D eigenvalue weighted by Gasteiger charge is 2.16. The zero-order valence-electron chi connectivity index (χ0n) is 9.06. The Morgan fingerprint density at radius 3 is 3.06 bits per heavy atom. The van der Waals surface area contributed by atoms with E-state index in [0.29, 0.717) is 11.7 Å². The zero-order chi connectivity index (χ0) is 11.4. The van der Waals surface area contributed by atoms with Crippen LogP contribution in [-0.4, -0.2) is 28.9 Å². The molecule has 2 rings (SSSR count). The van der Waals surface area contributed by atoms with Crippen molar-refractivity contribution in [1.29, 1.82) is 0 Å². The maximum Gasteiger partial charge on any atom is 0.247 e. The molecular weight excluding hydrogens is 206 g/mol. The fraction of sp³-hybridized carbons (Fsp3) is 0.455. The lowest BCUT2D eigenvalue weighted by Crippen LogP contribution is -2.19. The van der Waals surface area contributed by atoms with E-state index >= 15 is 0 Å². The van der Waals surface area contributed by atoms with Crippen molar-refractivity contribution in [3.8, 4) is 0 Å². The lowest BCUT2D eigenvalue weighted by Gasteiger charge is -2.22. The van der Waals surface area contributed by atoms with E-state index in [-0.39, 0.29) is 5.91 Å². The van der Waals surface area contributed by atoms with Gasteiger partial charge in [-0.25, -0.2) is 0 Å². The highest BCUT2D eigenvalue weighted by molar-refractivity contribution is 5.98. The van der Waals surface area contributed by atoms with Crippen molar-refractivity contribution >= 4 is 11.6 Å². The molecule has 0 aliphatic carbocycles. The second-order valence-corrected chi connectivity index (χ2v) is 3.75. The Morgan fingerprint density at radius 2 is 2.38 bits per heavy atom. The summed E-state index contributed by atoms with van der Waals surface area (Å²) in [5.74, 6) is -0.216. The van der Waals surface area contributed by atoms with Gasteiger partial charge >= 0.3 is 0 Å². The van der Waals surface area contributed by atoms with Crippen LogP contribution in [0.2, 0.25) is 0 Å². The van der Waals surface area contributed by atoms with Crippen molar-refractivity contribution in [3.05, 3.63) is 25.0 Å². The summed E-state index contributed by atoms with van der Waals surface area (Å²) in [5, 5.41) is 6.92. The molecule has 1 amide bonds. The second-order valence-electron chi connectivity index (χ2n) is 3.75. The number of nitrogens with zero attached hydrogens (tertiary/aromatic N) is 2. The zero-order valence-corrected chi connectivity index (χ0v) is 9.06. The molecule has 0 bridgehead atoms. The molecule has 86 valence electrons. The molecule has 0 atom stereocenters. The summed E-state index contributed by atoms with van der Waals surface area (Å²) in [7, 11) is 0. The summed E-state index contributed by atoms with van der Waals surface area (Å²) in [6.45, 7) is 4.95. The highest BCUT2D eigenvalue weighted by atomic mass is 16.5. The maximum atomic E-state index is 11.1. The molecule has 1 saturated heterocycles. The molecule has 5 heteroatoms. The van der Waals surface area contributed by atoms with Gasteiger partial charge in [0.2, 0.25) is 5.91 Å². The van der Waals surface area contributed by atoms with Gasteiger partial charge in [0.05, 0.1) is 17.9 Å². The first-order valence-electron chi connectivity index (χ1n) is 5.35. The van der Waals surface area contributed by atoms with Crippen LogP contribution < -0.4 is 5.32 Å². The Morgan fingerprint density at radius 1 is 1.62 bits per heavy atom. The fourth-order valence-corrected chi connectivity index (χ4v) is 1.75. The van der Waals surface area contributed by atoms with Crippen LogP contribution in [-0.2, 0) is 9.53 Å². The summed E-state index contributed by atoms with van der Waals surface area (Å²) in [6.07, 6.45) is 6.67. The summed E-state index contributed by atoms with van der Waals surface area (Å²) in [6, 6.07) is 0.378. The molecule has 1 aliphatic rings. The number of nitrogens with one attached hydrogen (secondary N) is 1. The van der Waals surface area contributed by atoms with Gasteiger partial charge in [0.25, 0.3) is 0 Å². The van der Waals surface area contributed by atoms with E-state index in [1.807, 2.05) is 10.9 Å². The van der Waals surface area contributed by atoms with Crippen LogP contribution in [0.5, 0.6) is 0 Å². The Bertz CT molecular complexity index is 380. The molecule has 1 fully saturated rings.